The first-order valence-corrected chi connectivity index (χ1v) is 6.85. The molecule has 21 heavy (non-hydrogen) atoms. The van der Waals surface area contributed by atoms with Gasteiger partial charge >= 0.3 is 0 Å². The van der Waals surface area contributed by atoms with Crippen molar-refractivity contribution in [2.75, 3.05) is 0 Å². The van der Waals surface area contributed by atoms with E-state index in [1.807, 2.05) is 38.1 Å². The number of nitrogens with two attached hydrogens (primary N) is 1. The largest absolute Gasteiger partial charge is 0.459 e. The first kappa shape index (κ1) is 13.7. The summed E-state index contributed by atoms with van der Waals surface area (Å²) in [5.74, 6) is 6.52. The highest BCUT2D eigenvalue weighted by Gasteiger charge is 2.20. The van der Waals surface area contributed by atoms with E-state index in [0.717, 1.165) is 33.7 Å². The molecule has 0 saturated carbocycles. The zero-order valence-corrected chi connectivity index (χ0v) is 12.3. The maximum Gasteiger partial charge on any atom is 0.134 e. The van der Waals surface area contributed by atoms with Crippen molar-refractivity contribution in [3.63, 3.8) is 0 Å². The Morgan fingerprint density at radius 2 is 1.90 bits per heavy atom. The van der Waals surface area contributed by atoms with Crippen molar-refractivity contribution >= 4 is 11.0 Å². The van der Waals surface area contributed by atoms with E-state index < -0.39 is 0 Å². The van der Waals surface area contributed by atoms with E-state index in [4.69, 9.17) is 10.3 Å². The molecule has 0 radical (unpaired) electrons. The van der Waals surface area contributed by atoms with E-state index in [9.17, 15) is 0 Å². The van der Waals surface area contributed by atoms with Gasteiger partial charge in [-0.1, -0.05) is 11.6 Å². The normalized spacial score (nSPS) is 12.8. The highest BCUT2D eigenvalue weighted by molar-refractivity contribution is 5.79. The average Bonchev–Trinajstić information content (AvgIpc) is 2.86. The van der Waals surface area contributed by atoms with Crippen LogP contribution in [0, 0.1) is 20.8 Å². The third-order valence-electron chi connectivity index (χ3n) is 3.59. The first-order valence-electron chi connectivity index (χ1n) is 6.85. The Morgan fingerprint density at radius 1 is 1.10 bits per heavy atom. The van der Waals surface area contributed by atoms with Gasteiger partial charge in [-0.25, -0.2) is 5.43 Å². The molecule has 2 aromatic heterocycles. The van der Waals surface area contributed by atoms with Crippen LogP contribution in [-0.2, 0) is 0 Å². The minimum atomic E-state index is -0.244. The Labute approximate surface area is 123 Å². The second-order valence-electron chi connectivity index (χ2n) is 5.32. The van der Waals surface area contributed by atoms with Crippen LogP contribution in [0.4, 0.5) is 0 Å². The molecule has 0 saturated heterocycles. The van der Waals surface area contributed by atoms with Gasteiger partial charge in [0, 0.05) is 10.9 Å². The second kappa shape index (κ2) is 5.27. The summed E-state index contributed by atoms with van der Waals surface area (Å²) in [5.41, 5.74) is 7.53. The minimum Gasteiger partial charge on any atom is -0.459 e. The lowest BCUT2D eigenvalue weighted by molar-refractivity contribution is 0.474. The lowest BCUT2D eigenvalue weighted by Crippen LogP contribution is -2.29. The topological polar surface area (TPSA) is 77.0 Å². The van der Waals surface area contributed by atoms with Crippen LogP contribution in [0.5, 0.6) is 0 Å². The van der Waals surface area contributed by atoms with Crippen molar-refractivity contribution in [2.45, 2.75) is 26.8 Å². The molecule has 1 unspecified atom stereocenters. The average molecular weight is 282 g/mol. The molecule has 3 rings (SSSR count). The van der Waals surface area contributed by atoms with Crippen molar-refractivity contribution < 1.29 is 4.42 Å². The SMILES string of the molecule is Cc1ccc2oc(C(NN)c3cc(C)nnc3C)cc2c1. The molecular formula is C16H18N4O. The monoisotopic (exact) mass is 282 g/mol. The van der Waals surface area contributed by atoms with Crippen molar-refractivity contribution in [1.29, 1.82) is 0 Å². The maximum atomic E-state index is 5.93. The number of rotatable bonds is 3. The summed E-state index contributed by atoms with van der Waals surface area (Å²) in [6, 6.07) is 9.85. The first-order chi connectivity index (χ1) is 10.1. The second-order valence-corrected chi connectivity index (χ2v) is 5.32. The number of furan rings is 1. The third-order valence-corrected chi connectivity index (χ3v) is 3.59. The molecule has 0 bridgehead atoms. The van der Waals surface area contributed by atoms with Gasteiger partial charge in [-0.2, -0.15) is 10.2 Å². The fourth-order valence-electron chi connectivity index (χ4n) is 2.51. The number of nitrogens with zero attached hydrogens (tertiary/aromatic N) is 2. The zero-order chi connectivity index (χ0) is 15.0. The van der Waals surface area contributed by atoms with Crippen LogP contribution in [0.25, 0.3) is 11.0 Å². The molecule has 1 aromatic carbocycles. The van der Waals surface area contributed by atoms with E-state index in [2.05, 4.69) is 28.6 Å². The summed E-state index contributed by atoms with van der Waals surface area (Å²) in [5, 5.41) is 9.28. The zero-order valence-electron chi connectivity index (χ0n) is 12.3. The fourth-order valence-corrected chi connectivity index (χ4v) is 2.51. The molecule has 0 spiro atoms. The van der Waals surface area contributed by atoms with Crippen molar-refractivity contribution in [1.82, 2.24) is 15.6 Å². The van der Waals surface area contributed by atoms with Crippen molar-refractivity contribution in [3.05, 3.63) is 58.6 Å². The standard InChI is InChI=1S/C16H18N4O/c1-9-4-5-14-12(6-9)8-15(21-14)16(18-17)13-7-10(2)19-20-11(13)3/h4-8,16,18H,17H2,1-3H3. The number of aromatic nitrogens is 2. The Kier molecular flexibility index (Phi) is 3.45. The summed E-state index contributed by atoms with van der Waals surface area (Å²) in [7, 11) is 0. The van der Waals surface area contributed by atoms with Crippen LogP contribution < -0.4 is 11.3 Å². The number of benzene rings is 1. The number of fused-ring (bicyclic) bond motifs is 1. The predicted octanol–water partition coefficient (Wildman–Crippen LogP) is 2.70. The van der Waals surface area contributed by atoms with Gasteiger partial charge in [0.25, 0.3) is 0 Å². The van der Waals surface area contributed by atoms with Gasteiger partial charge in [-0.3, -0.25) is 5.84 Å². The van der Waals surface area contributed by atoms with Gasteiger partial charge in [0.05, 0.1) is 11.4 Å². The number of hydrogen-bond acceptors (Lipinski definition) is 5. The van der Waals surface area contributed by atoms with Crippen molar-refractivity contribution in [3.8, 4) is 0 Å². The number of nitrogens with one attached hydrogen (secondary N) is 1. The van der Waals surface area contributed by atoms with Gasteiger partial charge in [-0.05, 0) is 45.0 Å². The van der Waals surface area contributed by atoms with Gasteiger partial charge in [0.1, 0.15) is 17.4 Å². The van der Waals surface area contributed by atoms with Crippen LogP contribution >= 0.6 is 0 Å². The fraction of sp³-hybridized carbons (Fsp3) is 0.250. The molecular weight excluding hydrogens is 264 g/mol. The molecule has 0 aliphatic carbocycles. The highest BCUT2D eigenvalue weighted by Crippen LogP contribution is 2.29. The summed E-state index contributed by atoms with van der Waals surface area (Å²) >= 11 is 0. The number of hydrazine groups is 1. The summed E-state index contributed by atoms with van der Waals surface area (Å²) in [6.45, 7) is 5.88. The molecule has 2 heterocycles. The molecule has 0 amide bonds. The Bertz CT molecular complexity index is 794. The molecule has 0 aliphatic heterocycles. The van der Waals surface area contributed by atoms with E-state index in [1.54, 1.807) is 0 Å². The minimum absolute atomic E-state index is 0.244. The van der Waals surface area contributed by atoms with Gasteiger partial charge in [-0.15, -0.1) is 0 Å². The molecule has 5 nitrogen and oxygen atoms in total. The van der Waals surface area contributed by atoms with Gasteiger partial charge < -0.3 is 4.42 Å². The molecule has 5 heteroatoms. The molecule has 0 aliphatic rings. The van der Waals surface area contributed by atoms with Gasteiger partial charge in [0.2, 0.25) is 0 Å². The Balaban J connectivity index is 2.11. The van der Waals surface area contributed by atoms with Crippen LogP contribution in [0.2, 0.25) is 0 Å². The van der Waals surface area contributed by atoms with Gasteiger partial charge in [0.15, 0.2) is 0 Å². The summed E-state index contributed by atoms with van der Waals surface area (Å²) in [4.78, 5) is 0. The van der Waals surface area contributed by atoms with Crippen LogP contribution in [0.1, 0.15) is 34.3 Å². The molecule has 3 N–H and O–H groups in total. The third kappa shape index (κ3) is 2.53. The van der Waals surface area contributed by atoms with Crippen LogP contribution in [-0.4, -0.2) is 10.2 Å². The van der Waals surface area contributed by atoms with E-state index in [0.29, 0.717) is 0 Å². The van der Waals surface area contributed by atoms with E-state index in [-0.39, 0.29) is 6.04 Å². The smallest absolute Gasteiger partial charge is 0.134 e. The number of aryl methyl sites for hydroxylation is 3. The quantitative estimate of drug-likeness (QED) is 0.570. The number of hydrogen-bond donors (Lipinski definition) is 2. The molecule has 1 atom stereocenters. The van der Waals surface area contributed by atoms with Crippen LogP contribution in [0.15, 0.2) is 34.7 Å². The maximum absolute atomic E-state index is 5.93. The summed E-state index contributed by atoms with van der Waals surface area (Å²) in [6.07, 6.45) is 0. The lowest BCUT2D eigenvalue weighted by Gasteiger charge is -2.15. The Morgan fingerprint density at radius 3 is 2.67 bits per heavy atom. The summed E-state index contributed by atoms with van der Waals surface area (Å²) < 4.78 is 5.93. The van der Waals surface area contributed by atoms with E-state index >= 15 is 0 Å². The van der Waals surface area contributed by atoms with Crippen molar-refractivity contribution in [2.24, 2.45) is 5.84 Å². The Hall–Kier alpha value is -2.24. The van der Waals surface area contributed by atoms with Crippen LogP contribution in [0.3, 0.4) is 0 Å². The molecule has 3 aromatic rings. The molecule has 108 valence electrons. The predicted molar refractivity (Wildman–Crippen MR) is 81.6 cm³/mol. The highest BCUT2D eigenvalue weighted by atomic mass is 16.3. The molecule has 0 fully saturated rings. The van der Waals surface area contributed by atoms with E-state index in [1.165, 1.54) is 5.56 Å². The lowest BCUT2D eigenvalue weighted by atomic mass is 10.0.